The first-order valence-electron chi connectivity index (χ1n) is 9.96. The lowest BCUT2D eigenvalue weighted by Crippen LogP contribution is -2.44. The SMILES string of the molecule is CN1CCN(c2ccc3nc(C4=CC(c5cccnc5)=CCC4=O)[nH]c3c2)CC1. The zero-order valence-corrected chi connectivity index (χ0v) is 16.4. The zero-order valence-electron chi connectivity index (χ0n) is 16.4. The molecule has 2 aliphatic rings. The number of carbonyl (C=O) groups excluding carboxylic acids is 1. The third kappa shape index (κ3) is 3.47. The Hall–Kier alpha value is -3.25. The minimum Gasteiger partial charge on any atom is -0.369 e. The molecule has 1 fully saturated rings. The molecule has 1 aliphatic carbocycles. The number of allylic oxidation sites excluding steroid dienone is 4. The van der Waals surface area contributed by atoms with E-state index in [1.165, 1.54) is 5.69 Å². The summed E-state index contributed by atoms with van der Waals surface area (Å²) in [5.41, 5.74) is 5.67. The van der Waals surface area contributed by atoms with Crippen LogP contribution in [0.1, 0.15) is 17.8 Å². The fourth-order valence-corrected chi connectivity index (χ4v) is 3.93. The first kappa shape index (κ1) is 17.8. The van der Waals surface area contributed by atoms with Gasteiger partial charge >= 0.3 is 0 Å². The van der Waals surface area contributed by atoms with Crippen molar-refractivity contribution in [3.63, 3.8) is 0 Å². The van der Waals surface area contributed by atoms with Gasteiger partial charge in [-0.05, 0) is 48.5 Å². The van der Waals surface area contributed by atoms with Crippen molar-refractivity contribution in [2.75, 3.05) is 38.1 Å². The Bertz CT molecular complexity index is 1120. The van der Waals surface area contributed by atoms with Crippen LogP contribution in [0.25, 0.3) is 22.2 Å². The molecule has 0 amide bonds. The lowest BCUT2D eigenvalue weighted by atomic mass is 9.94. The van der Waals surface area contributed by atoms with E-state index >= 15 is 0 Å². The second-order valence-corrected chi connectivity index (χ2v) is 7.66. The standard InChI is InChI=1S/C23H23N5O/c1-27-9-11-28(12-10-27)18-5-6-20-21(14-18)26-23(25-20)19-13-16(4-7-22(19)29)17-3-2-8-24-15-17/h2-6,8,13-15H,7,9-12H2,1H3,(H,25,26). The Morgan fingerprint density at radius 2 is 1.97 bits per heavy atom. The molecule has 1 aliphatic heterocycles. The highest BCUT2D eigenvalue weighted by Gasteiger charge is 2.21. The lowest BCUT2D eigenvalue weighted by molar-refractivity contribution is -0.113. The van der Waals surface area contributed by atoms with E-state index < -0.39 is 0 Å². The molecule has 1 saturated heterocycles. The topological polar surface area (TPSA) is 65.1 Å². The van der Waals surface area contributed by atoms with Crippen LogP contribution in [0, 0.1) is 0 Å². The van der Waals surface area contributed by atoms with Crippen molar-refractivity contribution in [1.29, 1.82) is 0 Å². The molecule has 0 radical (unpaired) electrons. The van der Waals surface area contributed by atoms with Crippen LogP contribution in [0.5, 0.6) is 0 Å². The van der Waals surface area contributed by atoms with Crippen LogP contribution in [-0.2, 0) is 4.79 Å². The predicted octanol–water partition coefficient (Wildman–Crippen LogP) is 3.15. The van der Waals surface area contributed by atoms with Gasteiger partial charge in [-0.25, -0.2) is 4.98 Å². The van der Waals surface area contributed by atoms with Gasteiger partial charge in [0.2, 0.25) is 0 Å². The minimum atomic E-state index is 0.0796. The van der Waals surface area contributed by atoms with E-state index in [1.807, 2.05) is 36.5 Å². The van der Waals surface area contributed by atoms with Gasteiger partial charge in [0.1, 0.15) is 5.82 Å². The summed E-state index contributed by atoms with van der Waals surface area (Å²) in [4.78, 5) is 29.6. The van der Waals surface area contributed by atoms with Crippen LogP contribution in [-0.4, -0.2) is 58.9 Å². The number of benzene rings is 1. The number of hydrogen-bond donors (Lipinski definition) is 1. The van der Waals surface area contributed by atoms with Crippen LogP contribution in [0.15, 0.2) is 54.9 Å². The van der Waals surface area contributed by atoms with Crippen molar-refractivity contribution in [2.45, 2.75) is 6.42 Å². The Labute approximate surface area is 169 Å². The van der Waals surface area contributed by atoms with Crippen molar-refractivity contribution in [3.05, 3.63) is 66.3 Å². The number of aromatic nitrogens is 3. The number of pyridine rings is 1. The fourth-order valence-electron chi connectivity index (χ4n) is 3.93. The van der Waals surface area contributed by atoms with Crippen molar-refractivity contribution in [1.82, 2.24) is 19.9 Å². The van der Waals surface area contributed by atoms with Crippen molar-refractivity contribution in [2.24, 2.45) is 0 Å². The molecule has 1 N–H and O–H groups in total. The number of ketones is 1. The fraction of sp³-hybridized carbons (Fsp3) is 0.261. The first-order chi connectivity index (χ1) is 14.2. The molecule has 3 aromatic rings. The summed E-state index contributed by atoms with van der Waals surface area (Å²) >= 11 is 0. The summed E-state index contributed by atoms with van der Waals surface area (Å²) in [6.45, 7) is 4.17. The zero-order chi connectivity index (χ0) is 19.8. The van der Waals surface area contributed by atoms with Gasteiger partial charge in [0.05, 0.1) is 16.6 Å². The first-order valence-corrected chi connectivity index (χ1v) is 9.96. The molecule has 3 heterocycles. The average Bonchev–Trinajstić information content (AvgIpc) is 3.18. The number of piperazine rings is 1. The molecule has 29 heavy (non-hydrogen) atoms. The molecule has 2 aromatic heterocycles. The number of aromatic amines is 1. The van der Waals surface area contributed by atoms with Gasteiger partial charge in [-0.1, -0.05) is 12.1 Å². The number of nitrogens with one attached hydrogen (secondary N) is 1. The molecule has 0 atom stereocenters. The molecule has 146 valence electrons. The number of rotatable bonds is 3. The highest BCUT2D eigenvalue weighted by molar-refractivity contribution is 6.24. The highest BCUT2D eigenvalue weighted by atomic mass is 16.1. The van der Waals surface area contributed by atoms with Crippen molar-refractivity contribution in [3.8, 4) is 0 Å². The molecular formula is C23H23N5O. The average molecular weight is 385 g/mol. The lowest BCUT2D eigenvalue weighted by Gasteiger charge is -2.34. The predicted molar refractivity (Wildman–Crippen MR) is 116 cm³/mol. The molecule has 0 saturated carbocycles. The monoisotopic (exact) mass is 385 g/mol. The van der Waals surface area contributed by atoms with Gasteiger partial charge in [0.15, 0.2) is 5.78 Å². The van der Waals surface area contributed by atoms with Gasteiger partial charge in [-0.3, -0.25) is 9.78 Å². The smallest absolute Gasteiger partial charge is 0.170 e. The molecule has 0 unspecified atom stereocenters. The third-order valence-corrected chi connectivity index (χ3v) is 5.69. The normalized spacial score (nSPS) is 18.1. The second-order valence-electron chi connectivity index (χ2n) is 7.66. The summed E-state index contributed by atoms with van der Waals surface area (Å²) in [5, 5.41) is 0. The van der Waals surface area contributed by atoms with E-state index in [2.05, 4.69) is 38.9 Å². The van der Waals surface area contributed by atoms with E-state index in [9.17, 15) is 4.79 Å². The van der Waals surface area contributed by atoms with E-state index in [0.717, 1.165) is 48.3 Å². The summed E-state index contributed by atoms with van der Waals surface area (Å²) < 4.78 is 0. The largest absolute Gasteiger partial charge is 0.369 e. The molecule has 1 aromatic carbocycles. The number of nitrogens with zero attached hydrogens (tertiary/aromatic N) is 4. The van der Waals surface area contributed by atoms with Crippen LogP contribution in [0.2, 0.25) is 0 Å². The molecule has 6 nitrogen and oxygen atoms in total. The number of fused-ring (bicyclic) bond motifs is 1. The summed E-state index contributed by atoms with van der Waals surface area (Å²) in [5.74, 6) is 0.714. The summed E-state index contributed by atoms with van der Waals surface area (Å²) in [6.07, 6.45) is 7.81. The number of likely N-dealkylation sites (N-methyl/N-ethyl adjacent to an activating group) is 1. The molecule has 6 heteroatoms. The molecular weight excluding hydrogens is 362 g/mol. The Morgan fingerprint density at radius 3 is 2.76 bits per heavy atom. The van der Waals surface area contributed by atoms with Crippen LogP contribution < -0.4 is 4.90 Å². The van der Waals surface area contributed by atoms with Crippen molar-refractivity contribution < 1.29 is 4.79 Å². The van der Waals surface area contributed by atoms with Gasteiger partial charge < -0.3 is 14.8 Å². The van der Waals surface area contributed by atoms with Gasteiger partial charge in [-0.2, -0.15) is 0 Å². The summed E-state index contributed by atoms with van der Waals surface area (Å²) in [6, 6.07) is 10.2. The number of H-pyrrole nitrogens is 1. The maximum absolute atomic E-state index is 12.6. The van der Waals surface area contributed by atoms with E-state index in [1.54, 1.807) is 6.20 Å². The van der Waals surface area contributed by atoms with Crippen molar-refractivity contribution >= 4 is 33.7 Å². The van der Waals surface area contributed by atoms with Gasteiger partial charge in [-0.15, -0.1) is 0 Å². The number of imidazole rings is 1. The Morgan fingerprint density at radius 1 is 1.10 bits per heavy atom. The van der Waals surface area contributed by atoms with Crippen LogP contribution >= 0.6 is 0 Å². The Balaban J connectivity index is 1.47. The number of anilines is 1. The summed E-state index contributed by atoms with van der Waals surface area (Å²) in [7, 11) is 2.16. The quantitative estimate of drug-likeness (QED) is 0.750. The van der Waals surface area contributed by atoms with Crippen LogP contribution in [0.3, 0.4) is 0 Å². The van der Waals surface area contributed by atoms with E-state index in [0.29, 0.717) is 17.8 Å². The second kappa shape index (κ2) is 7.29. The molecule has 5 rings (SSSR count). The van der Waals surface area contributed by atoms with Crippen LogP contribution in [0.4, 0.5) is 5.69 Å². The highest BCUT2D eigenvalue weighted by Crippen LogP contribution is 2.29. The number of carbonyl (C=O) groups is 1. The maximum atomic E-state index is 12.6. The van der Waals surface area contributed by atoms with E-state index in [4.69, 9.17) is 4.98 Å². The molecule has 0 spiro atoms. The third-order valence-electron chi connectivity index (χ3n) is 5.69. The number of Topliss-reactive ketones (excluding diaryl/α,β-unsaturated/α-hetero) is 1. The Kier molecular flexibility index (Phi) is 4.48. The maximum Gasteiger partial charge on any atom is 0.170 e. The van der Waals surface area contributed by atoms with Gasteiger partial charge in [0.25, 0.3) is 0 Å². The minimum absolute atomic E-state index is 0.0796. The molecule has 0 bridgehead atoms. The number of hydrogen-bond acceptors (Lipinski definition) is 5. The van der Waals surface area contributed by atoms with Gasteiger partial charge in [0, 0.05) is 50.7 Å². The van der Waals surface area contributed by atoms with E-state index in [-0.39, 0.29) is 5.78 Å².